The summed E-state index contributed by atoms with van der Waals surface area (Å²) in [5, 5.41) is 7.42. The van der Waals surface area contributed by atoms with Crippen LogP contribution in [-0.4, -0.2) is 24.6 Å². The standard InChI is InChI=1S/C11H17NO3/c1-4-5-10(13)9(8(2)12)6-7-11(14)15-3/h6,12H,4-5,7H2,1-3H3. The van der Waals surface area contributed by atoms with Crippen molar-refractivity contribution in [2.24, 2.45) is 0 Å². The summed E-state index contributed by atoms with van der Waals surface area (Å²) in [7, 11) is 1.29. The molecule has 0 spiro atoms. The van der Waals surface area contributed by atoms with Gasteiger partial charge in [-0.3, -0.25) is 9.59 Å². The molecular weight excluding hydrogens is 194 g/mol. The topological polar surface area (TPSA) is 67.2 Å². The Morgan fingerprint density at radius 3 is 2.40 bits per heavy atom. The normalized spacial score (nSPS) is 11.0. The van der Waals surface area contributed by atoms with Crippen LogP contribution in [0, 0.1) is 5.41 Å². The van der Waals surface area contributed by atoms with Crippen LogP contribution in [0.1, 0.15) is 33.1 Å². The molecule has 15 heavy (non-hydrogen) atoms. The van der Waals surface area contributed by atoms with Crippen molar-refractivity contribution in [3.63, 3.8) is 0 Å². The lowest BCUT2D eigenvalue weighted by Gasteiger charge is -2.03. The molecule has 1 N–H and O–H groups in total. The SMILES string of the molecule is CCCC(=O)C(=CCC(=O)OC)C(C)=N. The first kappa shape index (κ1) is 13.5. The lowest BCUT2D eigenvalue weighted by molar-refractivity contribution is -0.139. The first-order valence-corrected chi connectivity index (χ1v) is 4.88. The number of Topliss-reactive ketones (excluding diaryl/α,β-unsaturated/α-hetero) is 1. The molecule has 4 nitrogen and oxygen atoms in total. The van der Waals surface area contributed by atoms with Crippen LogP contribution < -0.4 is 0 Å². The third-order valence-electron chi connectivity index (χ3n) is 1.88. The van der Waals surface area contributed by atoms with Crippen molar-refractivity contribution in [1.82, 2.24) is 0 Å². The lowest BCUT2D eigenvalue weighted by atomic mass is 10.0. The van der Waals surface area contributed by atoms with Gasteiger partial charge in [-0.2, -0.15) is 0 Å². The average Bonchev–Trinajstić information content (AvgIpc) is 2.17. The van der Waals surface area contributed by atoms with Crippen LogP contribution in [0.5, 0.6) is 0 Å². The van der Waals surface area contributed by atoms with Gasteiger partial charge in [0, 0.05) is 17.7 Å². The maximum Gasteiger partial charge on any atom is 0.309 e. The minimum atomic E-state index is -0.405. The van der Waals surface area contributed by atoms with Crippen molar-refractivity contribution in [3.8, 4) is 0 Å². The first-order valence-electron chi connectivity index (χ1n) is 4.88. The third-order valence-corrected chi connectivity index (χ3v) is 1.88. The highest BCUT2D eigenvalue weighted by atomic mass is 16.5. The van der Waals surface area contributed by atoms with E-state index < -0.39 is 5.97 Å². The minimum absolute atomic E-state index is 0.0392. The molecule has 0 aromatic carbocycles. The summed E-state index contributed by atoms with van der Waals surface area (Å²) in [6.07, 6.45) is 2.65. The van der Waals surface area contributed by atoms with Crippen molar-refractivity contribution in [2.45, 2.75) is 33.1 Å². The second-order valence-electron chi connectivity index (χ2n) is 3.20. The van der Waals surface area contributed by atoms with E-state index in [0.717, 1.165) is 6.42 Å². The van der Waals surface area contributed by atoms with Gasteiger partial charge in [-0.1, -0.05) is 13.0 Å². The smallest absolute Gasteiger partial charge is 0.309 e. The summed E-state index contributed by atoms with van der Waals surface area (Å²) in [5.74, 6) is -0.494. The van der Waals surface area contributed by atoms with Gasteiger partial charge in [-0.15, -0.1) is 0 Å². The zero-order chi connectivity index (χ0) is 11.8. The van der Waals surface area contributed by atoms with Gasteiger partial charge in [0.15, 0.2) is 5.78 Å². The molecule has 0 atom stereocenters. The van der Waals surface area contributed by atoms with Gasteiger partial charge in [-0.05, 0) is 13.3 Å². The van der Waals surface area contributed by atoms with Crippen LogP contribution in [0.25, 0.3) is 0 Å². The number of esters is 1. The summed E-state index contributed by atoms with van der Waals surface area (Å²) in [4.78, 5) is 22.4. The van der Waals surface area contributed by atoms with E-state index >= 15 is 0 Å². The van der Waals surface area contributed by atoms with Gasteiger partial charge in [0.2, 0.25) is 0 Å². The van der Waals surface area contributed by atoms with Crippen molar-refractivity contribution in [1.29, 1.82) is 5.41 Å². The van der Waals surface area contributed by atoms with E-state index in [-0.39, 0.29) is 17.9 Å². The minimum Gasteiger partial charge on any atom is -0.469 e. The zero-order valence-corrected chi connectivity index (χ0v) is 9.42. The van der Waals surface area contributed by atoms with Crippen molar-refractivity contribution in [3.05, 3.63) is 11.6 Å². The molecule has 0 amide bonds. The maximum atomic E-state index is 11.5. The molecule has 0 radical (unpaired) electrons. The van der Waals surface area contributed by atoms with E-state index in [0.29, 0.717) is 12.0 Å². The Morgan fingerprint density at radius 2 is 2.00 bits per heavy atom. The molecule has 0 aliphatic rings. The Balaban J connectivity index is 4.59. The molecule has 0 saturated heterocycles. The van der Waals surface area contributed by atoms with Crippen LogP contribution in [0.15, 0.2) is 11.6 Å². The molecule has 0 aliphatic heterocycles. The van der Waals surface area contributed by atoms with Crippen LogP contribution in [-0.2, 0) is 14.3 Å². The fraction of sp³-hybridized carbons (Fsp3) is 0.545. The second kappa shape index (κ2) is 6.92. The molecule has 0 aliphatic carbocycles. The lowest BCUT2D eigenvalue weighted by Crippen LogP contribution is -2.10. The molecule has 4 heteroatoms. The molecular formula is C11H17NO3. The average molecular weight is 211 g/mol. The number of ether oxygens (including phenoxy) is 1. The summed E-state index contributed by atoms with van der Waals surface area (Å²) in [6, 6.07) is 0. The van der Waals surface area contributed by atoms with E-state index in [1.807, 2.05) is 6.92 Å². The van der Waals surface area contributed by atoms with Crippen LogP contribution >= 0.6 is 0 Å². The van der Waals surface area contributed by atoms with Gasteiger partial charge < -0.3 is 10.1 Å². The summed E-state index contributed by atoms with van der Waals surface area (Å²) in [6.45, 7) is 3.44. The molecule has 84 valence electrons. The summed E-state index contributed by atoms with van der Waals surface area (Å²) < 4.78 is 4.45. The molecule has 0 fully saturated rings. The predicted molar refractivity (Wildman–Crippen MR) is 58.0 cm³/mol. The Hall–Kier alpha value is -1.45. The van der Waals surface area contributed by atoms with E-state index in [1.165, 1.54) is 20.1 Å². The Morgan fingerprint density at radius 1 is 1.40 bits per heavy atom. The Labute approximate surface area is 89.8 Å². The van der Waals surface area contributed by atoms with E-state index in [1.54, 1.807) is 0 Å². The van der Waals surface area contributed by atoms with Crippen LogP contribution in [0.3, 0.4) is 0 Å². The fourth-order valence-corrected chi connectivity index (χ4v) is 1.11. The van der Waals surface area contributed by atoms with Crippen molar-refractivity contribution < 1.29 is 14.3 Å². The number of ketones is 1. The number of carbonyl (C=O) groups is 2. The first-order chi connectivity index (χ1) is 7.02. The largest absolute Gasteiger partial charge is 0.469 e. The summed E-state index contributed by atoms with van der Waals surface area (Å²) in [5.41, 5.74) is 0.514. The number of methoxy groups -OCH3 is 1. The van der Waals surface area contributed by atoms with Gasteiger partial charge >= 0.3 is 5.97 Å². The van der Waals surface area contributed by atoms with Gasteiger partial charge in [0.25, 0.3) is 0 Å². The number of allylic oxidation sites excluding steroid dienone is 1. The number of hydrogen-bond donors (Lipinski definition) is 1. The quantitative estimate of drug-likeness (QED) is 0.414. The Bertz CT molecular complexity index is 292. The highest BCUT2D eigenvalue weighted by Crippen LogP contribution is 2.06. The molecule has 0 bridgehead atoms. The molecule has 0 saturated carbocycles. The van der Waals surface area contributed by atoms with E-state index in [9.17, 15) is 9.59 Å². The predicted octanol–water partition coefficient (Wildman–Crippen LogP) is 1.88. The molecule has 0 aromatic rings. The third kappa shape index (κ3) is 5.10. The monoisotopic (exact) mass is 211 g/mol. The highest BCUT2D eigenvalue weighted by molar-refractivity contribution is 6.20. The fourth-order valence-electron chi connectivity index (χ4n) is 1.11. The van der Waals surface area contributed by atoms with Crippen molar-refractivity contribution in [2.75, 3.05) is 7.11 Å². The molecule has 0 heterocycles. The van der Waals surface area contributed by atoms with Gasteiger partial charge in [-0.25, -0.2) is 0 Å². The van der Waals surface area contributed by atoms with E-state index in [4.69, 9.17) is 5.41 Å². The van der Waals surface area contributed by atoms with Crippen LogP contribution in [0.4, 0.5) is 0 Å². The molecule has 0 unspecified atom stereocenters. The Kier molecular flexibility index (Phi) is 6.25. The number of rotatable bonds is 6. The zero-order valence-electron chi connectivity index (χ0n) is 9.42. The summed E-state index contributed by atoms with van der Waals surface area (Å²) >= 11 is 0. The van der Waals surface area contributed by atoms with Gasteiger partial charge in [0.05, 0.1) is 13.5 Å². The highest BCUT2D eigenvalue weighted by Gasteiger charge is 2.11. The molecule has 0 aromatic heterocycles. The van der Waals surface area contributed by atoms with E-state index in [2.05, 4.69) is 4.74 Å². The van der Waals surface area contributed by atoms with Gasteiger partial charge in [0.1, 0.15) is 0 Å². The second-order valence-corrected chi connectivity index (χ2v) is 3.20. The number of nitrogens with one attached hydrogen (secondary N) is 1. The molecule has 0 rings (SSSR count). The van der Waals surface area contributed by atoms with Crippen LogP contribution in [0.2, 0.25) is 0 Å². The van der Waals surface area contributed by atoms with Crippen molar-refractivity contribution >= 4 is 17.5 Å². The number of carbonyl (C=O) groups excluding carboxylic acids is 2. The maximum absolute atomic E-state index is 11.5. The number of hydrogen-bond acceptors (Lipinski definition) is 4.